The average Bonchev–Trinajstić information content (AvgIpc) is 3.13. The molecule has 0 amide bonds. The minimum Gasteiger partial charge on any atom is -0.496 e. The highest BCUT2D eigenvalue weighted by atomic mass is 35.5. The van der Waals surface area contributed by atoms with Crippen LogP contribution in [0.25, 0.3) is 0 Å². The van der Waals surface area contributed by atoms with Crippen molar-refractivity contribution in [2.45, 2.75) is 26.3 Å². The van der Waals surface area contributed by atoms with Crippen LogP contribution < -0.4 is 15.1 Å². The monoisotopic (exact) mass is 393 g/mol. The van der Waals surface area contributed by atoms with Crippen molar-refractivity contribution in [1.82, 2.24) is 4.98 Å². The lowest BCUT2D eigenvalue weighted by Gasteiger charge is -2.15. The first-order chi connectivity index (χ1) is 12.6. The maximum Gasteiger partial charge on any atom is 0.165 e. The summed E-state index contributed by atoms with van der Waals surface area (Å²) in [6.07, 6.45) is 4.14. The van der Waals surface area contributed by atoms with Crippen LogP contribution >= 0.6 is 23.2 Å². The van der Waals surface area contributed by atoms with Gasteiger partial charge in [-0.2, -0.15) is 5.10 Å². The van der Waals surface area contributed by atoms with Gasteiger partial charge in [-0.3, -0.25) is 5.43 Å². The summed E-state index contributed by atoms with van der Waals surface area (Å²) in [6.45, 7) is 5.37. The Kier molecular flexibility index (Phi) is 6.35. The van der Waals surface area contributed by atoms with E-state index in [1.807, 2.05) is 19.1 Å². The highest BCUT2D eigenvalue weighted by molar-refractivity contribution is 6.35. The Morgan fingerprint density at radius 2 is 2.04 bits per heavy atom. The van der Waals surface area contributed by atoms with E-state index in [-0.39, 0.29) is 0 Å². The zero-order valence-electron chi connectivity index (χ0n) is 15.0. The molecule has 2 aromatic rings. The number of hydrogen-bond donors (Lipinski definition) is 2. The fourth-order valence-corrected chi connectivity index (χ4v) is 3.58. The molecule has 3 rings (SSSR count). The molecule has 2 N–H and O–H groups in total. The zero-order chi connectivity index (χ0) is 18.5. The van der Waals surface area contributed by atoms with Gasteiger partial charge in [0.05, 0.1) is 36.0 Å². The molecule has 26 heavy (non-hydrogen) atoms. The number of benzene rings is 1. The van der Waals surface area contributed by atoms with Crippen molar-refractivity contribution in [3.63, 3.8) is 0 Å². The largest absolute Gasteiger partial charge is 0.496 e. The SMILES string of the molecule is COc1ccc(/C(C)=N\Nc2ncc(Cl)cc2Cl)cc1C[NH+]1CCCC1. The van der Waals surface area contributed by atoms with Gasteiger partial charge >= 0.3 is 0 Å². The van der Waals surface area contributed by atoms with Gasteiger partial charge in [-0.1, -0.05) is 23.2 Å². The topological polar surface area (TPSA) is 50.9 Å². The third kappa shape index (κ3) is 4.67. The number of hydrazone groups is 1. The molecule has 0 bridgehead atoms. The molecule has 2 heterocycles. The van der Waals surface area contributed by atoms with E-state index in [1.54, 1.807) is 18.1 Å². The second kappa shape index (κ2) is 8.71. The normalized spacial score (nSPS) is 15.3. The van der Waals surface area contributed by atoms with E-state index >= 15 is 0 Å². The van der Waals surface area contributed by atoms with Gasteiger partial charge in [-0.15, -0.1) is 0 Å². The lowest BCUT2D eigenvalue weighted by Crippen LogP contribution is -3.08. The van der Waals surface area contributed by atoms with Crippen LogP contribution in [0.3, 0.4) is 0 Å². The Morgan fingerprint density at radius 3 is 2.73 bits per heavy atom. The van der Waals surface area contributed by atoms with Crippen LogP contribution in [0.1, 0.15) is 30.9 Å². The summed E-state index contributed by atoms with van der Waals surface area (Å²) in [4.78, 5) is 5.75. The number of quaternary nitrogens is 1. The maximum atomic E-state index is 6.12. The fourth-order valence-electron chi connectivity index (χ4n) is 3.16. The summed E-state index contributed by atoms with van der Waals surface area (Å²) in [5.74, 6) is 1.40. The molecule has 1 aliphatic heterocycles. The third-order valence-corrected chi connectivity index (χ3v) is 5.08. The van der Waals surface area contributed by atoms with Crippen molar-refractivity contribution in [3.8, 4) is 5.75 Å². The minimum atomic E-state index is 0.433. The van der Waals surface area contributed by atoms with Crippen molar-refractivity contribution >= 4 is 34.7 Å². The highest BCUT2D eigenvalue weighted by Crippen LogP contribution is 2.23. The Balaban J connectivity index is 1.78. The Morgan fingerprint density at radius 1 is 1.27 bits per heavy atom. The van der Waals surface area contributed by atoms with E-state index < -0.39 is 0 Å². The Hall–Kier alpha value is -1.82. The first kappa shape index (κ1) is 19.0. The summed E-state index contributed by atoms with van der Waals surface area (Å²) in [5, 5.41) is 5.34. The third-order valence-electron chi connectivity index (χ3n) is 4.59. The standard InChI is InChI=1S/C19H22Cl2N4O/c1-13(23-24-19-17(21)10-16(20)11-22-19)14-5-6-18(26-2)15(9-14)12-25-7-3-4-8-25/h5-6,9-11H,3-4,7-8,12H2,1-2H3,(H,22,24)/p+1/b23-13-. The van der Waals surface area contributed by atoms with Gasteiger partial charge in [0, 0.05) is 24.6 Å². The quantitative estimate of drug-likeness (QED) is 0.583. The molecule has 1 aliphatic rings. The summed E-state index contributed by atoms with van der Waals surface area (Å²) in [7, 11) is 1.72. The molecule has 1 saturated heterocycles. The number of halogens is 2. The van der Waals surface area contributed by atoms with E-state index in [0.717, 1.165) is 23.6 Å². The second-order valence-corrected chi connectivity index (χ2v) is 7.30. The molecule has 7 heteroatoms. The molecule has 138 valence electrons. The molecular formula is C19H23Cl2N4O+. The van der Waals surface area contributed by atoms with Gasteiger partial charge in [0.25, 0.3) is 0 Å². The number of hydrogen-bond acceptors (Lipinski definition) is 4. The predicted octanol–water partition coefficient (Wildman–Crippen LogP) is 3.41. The van der Waals surface area contributed by atoms with Crippen LogP contribution in [-0.4, -0.2) is 30.9 Å². The fraction of sp³-hybridized carbons (Fsp3) is 0.368. The van der Waals surface area contributed by atoms with Crippen LogP contribution in [0.4, 0.5) is 5.82 Å². The number of rotatable bonds is 6. The Bertz CT molecular complexity index is 804. The molecule has 1 aromatic carbocycles. The van der Waals surface area contributed by atoms with Gasteiger partial charge in [0.15, 0.2) is 5.82 Å². The molecule has 5 nitrogen and oxygen atoms in total. The Labute approximate surface area is 164 Å². The van der Waals surface area contributed by atoms with Crippen molar-refractivity contribution in [2.75, 3.05) is 25.6 Å². The number of pyridine rings is 1. The van der Waals surface area contributed by atoms with E-state index in [1.165, 1.54) is 37.7 Å². The van der Waals surface area contributed by atoms with Gasteiger partial charge in [-0.05, 0) is 36.8 Å². The molecule has 0 aliphatic carbocycles. The number of nitrogens with one attached hydrogen (secondary N) is 2. The molecule has 0 radical (unpaired) electrons. The number of likely N-dealkylation sites (tertiary alicyclic amines) is 1. The average molecular weight is 394 g/mol. The lowest BCUT2D eigenvalue weighted by molar-refractivity contribution is -0.901. The molecular weight excluding hydrogens is 371 g/mol. The number of aromatic nitrogens is 1. The van der Waals surface area contributed by atoms with Crippen LogP contribution in [0.2, 0.25) is 10.0 Å². The van der Waals surface area contributed by atoms with Gasteiger partial charge < -0.3 is 9.64 Å². The molecule has 0 unspecified atom stereocenters. The summed E-state index contributed by atoms with van der Waals surface area (Å²) in [6, 6.07) is 7.81. The van der Waals surface area contributed by atoms with Gasteiger partial charge in [0.2, 0.25) is 0 Å². The van der Waals surface area contributed by atoms with E-state index in [0.29, 0.717) is 15.9 Å². The first-order valence-electron chi connectivity index (χ1n) is 8.69. The second-order valence-electron chi connectivity index (χ2n) is 6.45. The predicted molar refractivity (Wildman–Crippen MR) is 107 cm³/mol. The van der Waals surface area contributed by atoms with Gasteiger partial charge in [-0.25, -0.2) is 4.98 Å². The highest BCUT2D eigenvalue weighted by Gasteiger charge is 2.18. The summed E-state index contributed by atoms with van der Waals surface area (Å²) < 4.78 is 5.54. The van der Waals surface area contributed by atoms with Crippen molar-refractivity contribution in [2.24, 2.45) is 5.10 Å². The summed E-state index contributed by atoms with van der Waals surface area (Å²) >= 11 is 12.0. The first-order valence-corrected chi connectivity index (χ1v) is 9.44. The smallest absolute Gasteiger partial charge is 0.165 e. The number of nitrogens with zero attached hydrogens (tertiary/aromatic N) is 2. The number of ether oxygens (including phenoxy) is 1. The molecule has 0 atom stereocenters. The summed E-state index contributed by atoms with van der Waals surface area (Å²) in [5.41, 5.74) is 6.00. The zero-order valence-corrected chi connectivity index (χ0v) is 16.5. The van der Waals surface area contributed by atoms with Crippen LogP contribution in [0.5, 0.6) is 5.75 Å². The van der Waals surface area contributed by atoms with Crippen LogP contribution in [0, 0.1) is 0 Å². The number of methoxy groups -OCH3 is 1. The molecule has 1 aromatic heterocycles. The van der Waals surface area contributed by atoms with E-state index in [4.69, 9.17) is 27.9 Å². The van der Waals surface area contributed by atoms with Crippen molar-refractivity contribution in [3.05, 3.63) is 51.6 Å². The van der Waals surface area contributed by atoms with E-state index in [2.05, 4.69) is 21.6 Å². The van der Waals surface area contributed by atoms with Gasteiger partial charge in [0.1, 0.15) is 12.3 Å². The maximum absolute atomic E-state index is 6.12. The number of anilines is 1. The van der Waals surface area contributed by atoms with E-state index in [9.17, 15) is 0 Å². The van der Waals surface area contributed by atoms with Crippen LogP contribution in [-0.2, 0) is 6.54 Å². The molecule has 0 spiro atoms. The minimum absolute atomic E-state index is 0.433. The molecule has 1 fully saturated rings. The van der Waals surface area contributed by atoms with Crippen molar-refractivity contribution < 1.29 is 9.64 Å². The van der Waals surface area contributed by atoms with Crippen molar-refractivity contribution in [1.29, 1.82) is 0 Å². The molecule has 0 saturated carbocycles. The van der Waals surface area contributed by atoms with Crippen LogP contribution in [0.15, 0.2) is 35.6 Å². The lowest BCUT2D eigenvalue weighted by atomic mass is 10.1.